The number of aryl methyl sites for hydroxylation is 1. The molecule has 3 heteroatoms. The molecule has 1 rings (SSSR count). The van der Waals surface area contributed by atoms with Crippen molar-refractivity contribution in [1.29, 1.82) is 0 Å². The fourth-order valence-electron chi connectivity index (χ4n) is 1.02. The zero-order valence-corrected chi connectivity index (χ0v) is 9.39. The van der Waals surface area contributed by atoms with Crippen molar-refractivity contribution in [3.05, 3.63) is 34.3 Å². The minimum Gasteiger partial charge on any atom is -0.456 e. The Morgan fingerprint density at radius 3 is 2.93 bits per heavy atom. The topological polar surface area (TPSA) is 26.3 Å². The van der Waals surface area contributed by atoms with Crippen molar-refractivity contribution in [2.75, 3.05) is 6.61 Å². The summed E-state index contributed by atoms with van der Waals surface area (Å²) >= 11 is 5.90. The van der Waals surface area contributed by atoms with Crippen molar-refractivity contribution in [3.8, 4) is 11.8 Å². The Morgan fingerprint density at radius 1 is 1.53 bits per heavy atom. The fourth-order valence-corrected chi connectivity index (χ4v) is 1.19. The lowest BCUT2D eigenvalue weighted by molar-refractivity contribution is -0.136. The minimum atomic E-state index is -0.532. The Kier molecular flexibility index (Phi) is 4.20. The summed E-state index contributed by atoms with van der Waals surface area (Å²) in [5.74, 6) is 4.52. The molecule has 0 saturated carbocycles. The number of esters is 1. The molecule has 2 nitrogen and oxygen atoms in total. The quantitative estimate of drug-likeness (QED) is 0.539. The molecular formula is C12H11ClO2. The van der Waals surface area contributed by atoms with E-state index in [0.717, 1.165) is 5.56 Å². The van der Waals surface area contributed by atoms with Crippen LogP contribution in [0.4, 0.5) is 0 Å². The van der Waals surface area contributed by atoms with Crippen molar-refractivity contribution >= 4 is 17.6 Å². The number of carbonyl (C=O) groups is 1. The number of carbonyl (C=O) groups excluding carboxylic acids is 1. The van der Waals surface area contributed by atoms with Gasteiger partial charge >= 0.3 is 5.97 Å². The first kappa shape index (κ1) is 11.6. The van der Waals surface area contributed by atoms with E-state index in [1.54, 1.807) is 13.0 Å². The smallest absolute Gasteiger partial charge is 0.384 e. The first-order valence-electron chi connectivity index (χ1n) is 4.58. The molecule has 78 valence electrons. The van der Waals surface area contributed by atoms with E-state index >= 15 is 0 Å². The van der Waals surface area contributed by atoms with E-state index in [-0.39, 0.29) is 0 Å². The van der Waals surface area contributed by atoms with Crippen LogP contribution in [0.5, 0.6) is 0 Å². The second kappa shape index (κ2) is 5.43. The van der Waals surface area contributed by atoms with Crippen LogP contribution in [0, 0.1) is 18.8 Å². The summed E-state index contributed by atoms with van der Waals surface area (Å²) in [6.07, 6.45) is 0. The van der Waals surface area contributed by atoms with Gasteiger partial charge in [0, 0.05) is 11.5 Å². The summed E-state index contributed by atoms with van der Waals surface area (Å²) in [4.78, 5) is 11.0. The van der Waals surface area contributed by atoms with Crippen LogP contribution in [0.3, 0.4) is 0 Å². The van der Waals surface area contributed by atoms with Crippen LogP contribution in [0.25, 0.3) is 0 Å². The van der Waals surface area contributed by atoms with Gasteiger partial charge in [0.25, 0.3) is 0 Å². The van der Waals surface area contributed by atoms with Crippen molar-refractivity contribution in [3.63, 3.8) is 0 Å². The van der Waals surface area contributed by atoms with Gasteiger partial charge in [-0.15, -0.1) is 0 Å². The average molecular weight is 223 g/mol. The van der Waals surface area contributed by atoms with Gasteiger partial charge in [-0.05, 0) is 31.5 Å². The summed E-state index contributed by atoms with van der Waals surface area (Å²) in [7, 11) is 0. The Labute approximate surface area is 94.2 Å². The summed E-state index contributed by atoms with van der Waals surface area (Å²) in [5.41, 5.74) is 1.69. The van der Waals surface area contributed by atoms with E-state index in [9.17, 15) is 4.79 Å². The van der Waals surface area contributed by atoms with Gasteiger partial charge in [0.05, 0.1) is 11.6 Å². The molecule has 0 amide bonds. The molecular weight excluding hydrogens is 212 g/mol. The van der Waals surface area contributed by atoms with Crippen LogP contribution >= 0.6 is 11.6 Å². The average Bonchev–Trinajstić information content (AvgIpc) is 2.20. The third kappa shape index (κ3) is 3.65. The van der Waals surface area contributed by atoms with Crippen LogP contribution in [-0.4, -0.2) is 12.6 Å². The van der Waals surface area contributed by atoms with Crippen LogP contribution in [0.2, 0.25) is 5.02 Å². The maximum absolute atomic E-state index is 11.0. The van der Waals surface area contributed by atoms with Crippen LogP contribution in [0.15, 0.2) is 18.2 Å². The summed E-state index contributed by atoms with van der Waals surface area (Å²) in [6, 6.07) is 5.47. The van der Waals surface area contributed by atoms with Crippen LogP contribution in [-0.2, 0) is 9.53 Å². The largest absolute Gasteiger partial charge is 0.456 e. The highest BCUT2D eigenvalue weighted by molar-refractivity contribution is 6.31. The van der Waals surface area contributed by atoms with Gasteiger partial charge in [-0.3, -0.25) is 0 Å². The predicted octanol–water partition coefficient (Wildman–Crippen LogP) is 2.56. The highest BCUT2D eigenvalue weighted by Gasteiger charge is 1.98. The SMILES string of the molecule is CCOC(=O)C#Cc1cc(C)ccc1Cl. The van der Waals surface area contributed by atoms with Crippen molar-refractivity contribution < 1.29 is 9.53 Å². The molecule has 0 aliphatic heterocycles. The summed E-state index contributed by atoms with van der Waals surface area (Å²) < 4.78 is 4.68. The number of hydrogen-bond acceptors (Lipinski definition) is 2. The van der Waals surface area contributed by atoms with Gasteiger partial charge in [-0.2, -0.15) is 0 Å². The summed E-state index contributed by atoms with van der Waals surface area (Å²) in [6.45, 7) is 4.00. The molecule has 0 saturated heterocycles. The highest BCUT2D eigenvalue weighted by Crippen LogP contribution is 2.15. The van der Waals surface area contributed by atoms with E-state index < -0.39 is 5.97 Å². The molecule has 0 N–H and O–H groups in total. The van der Waals surface area contributed by atoms with Gasteiger partial charge < -0.3 is 4.74 Å². The first-order valence-corrected chi connectivity index (χ1v) is 4.96. The Balaban J connectivity index is 2.88. The van der Waals surface area contributed by atoms with Gasteiger partial charge in [0.2, 0.25) is 0 Å². The van der Waals surface area contributed by atoms with E-state index in [0.29, 0.717) is 17.2 Å². The molecule has 0 radical (unpaired) electrons. The Bertz CT molecular complexity index is 427. The van der Waals surface area contributed by atoms with E-state index in [1.807, 2.05) is 19.1 Å². The second-order valence-corrected chi connectivity index (χ2v) is 3.36. The molecule has 0 atom stereocenters. The molecule has 0 bridgehead atoms. The number of hydrogen-bond donors (Lipinski definition) is 0. The lowest BCUT2D eigenvalue weighted by Crippen LogP contribution is -1.99. The van der Waals surface area contributed by atoms with Crippen LogP contribution < -0.4 is 0 Å². The number of benzene rings is 1. The van der Waals surface area contributed by atoms with Gasteiger partial charge in [0.15, 0.2) is 0 Å². The first-order chi connectivity index (χ1) is 7.13. The number of rotatable bonds is 1. The zero-order valence-electron chi connectivity index (χ0n) is 8.63. The van der Waals surface area contributed by atoms with E-state index in [1.165, 1.54) is 0 Å². The van der Waals surface area contributed by atoms with E-state index in [4.69, 9.17) is 11.6 Å². The van der Waals surface area contributed by atoms with Crippen molar-refractivity contribution in [2.45, 2.75) is 13.8 Å². The van der Waals surface area contributed by atoms with E-state index in [2.05, 4.69) is 16.6 Å². The monoisotopic (exact) mass is 222 g/mol. The molecule has 15 heavy (non-hydrogen) atoms. The second-order valence-electron chi connectivity index (χ2n) is 2.95. The molecule has 0 unspecified atom stereocenters. The number of ether oxygens (including phenoxy) is 1. The maximum Gasteiger partial charge on any atom is 0.384 e. The normalized spacial score (nSPS) is 9.00. The van der Waals surface area contributed by atoms with Gasteiger partial charge in [-0.25, -0.2) is 4.79 Å². The third-order valence-corrected chi connectivity index (χ3v) is 2.03. The van der Waals surface area contributed by atoms with Gasteiger partial charge in [0.1, 0.15) is 0 Å². The lowest BCUT2D eigenvalue weighted by atomic mass is 10.1. The highest BCUT2D eigenvalue weighted by atomic mass is 35.5. The minimum absolute atomic E-state index is 0.328. The third-order valence-electron chi connectivity index (χ3n) is 1.70. The fraction of sp³-hybridized carbons (Fsp3) is 0.250. The zero-order chi connectivity index (χ0) is 11.3. The molecule has 0 spiro atoms. The summed E-state index contributed by atoms with van der Waals surface area (Å²) in [5, 5.41) is 0.539. The molecule has 0 aliphatic carbocycles. The molecule has 1 aromatic rings. The number of halogens is 1. The molecule has 0 aromatic heterocycles. The molecule has 0 fully saturated rings. The maximum atomic E-state index is 11.0. The lowest BCUT2D eigenvalue weighted by Gasteiger charge is -1.97. The van der Waals surface area contributed by atoms with Crippen LogP contribution in [0.1, 0.15) is 18.1 Å². The Hall–Kier alpha value is -1.46. The van der Waals surface area contributed by atoms with Crippen molar-refractivity contribution in [1.82, 2.24) is 0 Å². The molecule has 0 aliphatic rings. The standard InChI is InChI=1S/C12H11ClO2/c1-3-15-12(14)7-5-10-8-9(2)4-6-11(10)13/h4,6,8H,3H2,1-2H3. The molecule has 1 aromatic carbocycles. The van der Waals surface area contributed by atoms with Crippen molar-refractivity contribution in [2.24, 2.45) is 0 Å². The molecule has 0 heterocycles. The Morgan fingerprint density at radius 2 is 2.27 bits per heavy atom. The predicted molar refractivity (Wildman–Crippen MR) is 59.7 cm³/mol. The van der Waals surface area contributed by atoms with Gasteiger partial charge in [-0.1, -0.05) is 23.6 Å².